The standard InChI is InChI=1S/C34H36N6O6/c1-20(2)31(35)34(43)45-21(3)19-39-22(4)30(33(42)40(39)23-9-7-6-8-10-23)32(41)38-29-14-12-25(18-37-29)46-28-15-16-36-27-17-24(44-5)11-13-26(27)28/h6-18,20-21,31H,19,35H2,1-5H3,(H,37,38,41)/t21-,31?/m1/s1. The number of nitrogens with one attached hydrogen (secondary N) is 1. The number of hydrogen-bond acceptors (Lipinski definition) is 9. The van der Waals surface area contributed by atoms with Crippen LogP contribution < -0.4 is 26.1 Å². The summed E-state index contributed by atoms with van der Waals surface area (Å²) >= 11 is 0. The van der Waals surface area contributed by atoms with Crippen LogP contribution in [0.25, 0.3) is 16.6 Å². The van der Waals surface area contributed by atoms with Gasteiger partial charge in [-0.2, -0.15) is 0 Å². The molecule has 2 atom stereocenters. The maximum absolute atomic E-state index is 13.7. The van der Waals surface area contributed by atoms with Crippen LogP contribution in [0, 0.1) is 12.8 Å². The number of benzene rings is 2. The Labute approximate surface area is 265 Å². The number of methoxy groups -OCH3 is 1. The number of carbonyl (C=O) groups excluding carboxylic acids is 2. The molecule has 0 spiro atoms. The zero-order valence-corrected chi connectivity index (χ0v) is 26.3. The fourth-order valence-electron chi connectivity index (χ4n) is 4.92. The lowest BCUT2D eigenvalue weighted by atomic mass is 10.1. The first-order chi connectivity index (χ1) is 22.1. The third kappa shape index (κ3) is 6.76. The Kier molecular flexibility index (Phi) is 9.47. The van der Waals surface area contributed by atoms with Crippen LogP contribution in [-0.4, -0.2) is 50.5 Å². The van der Waals surface area contributed by atoms with E-state index in [9.17, 15) is 14.4 Å². The van der Waals surface area contributed by atoms with Gasteiger partial charge in [0.05, 0.1) is 36.7 Å². The van der Waals surface area contributed by atoms with Gasteiger partial charge in [0.15, 0.2) is 0 Å². The number of hydrogen-bond donors (Lipinski definition) is 2. The number of fused-ring (bicyclic) bond motifs is 1. The van der Waals surface area contributed by atoms with Gasteiger partial charge in [0, 0.05) is 17.6 Å². The van der Waals surface area contributed by atoms with E-state index in [2.05, 4.69) is 15.3 Å². The maximum Gasteiger partial charge on any atom is 0.323 e. The van der Waals surface area contributed by atoms with Gasteiger partial charge in [-0.15, -0.1) is 0 Å². The number of anilines is 1. The van der Waals surface area contributed by atoms with Gasteiger partial charge in [-0.1, -0.05) is 32.0 Å². The van der Waals surface area contributed by atoms with Gasteiger partial charge in [0.2, 0.25) is 0 Å². The molecular formula is C34H36N6O6. The van der Waals surface area contributed by atoms with Crippen molar-refractivity contribution < 1.29 is 23.8 Å². The smallest absolute Gasteiger partial charge is 0.323 e. The third-order valence-corrected chi connectivity index (χ3v) is 7.48. The normalized spacial score (nSPS) is 12.5. The SMILES string of the molecule is COc1ccc2c(Oc3ccc(NC(=O)c4c(C)n(C[C@@H](C)OC(=O)C(N)C(C)C)n(-c5ccccc5)c4=O)nc3)ccnc2c1. The molecule has 5 aromatic rings. The van der Waals surface area contributed by atoms with Gasteiger partial charge in [0.1, 0.15) is 40.8 Å². The molecule has 1 amide bonds. The Morgan fingerprint density at radius 1 is 0.978 bits per heavy atom. The van der Waals surface area contributed by atoms with Crippen molar-refractivity contribution >= 4 is 28.6 Å². The van der Waals surface area contributed by atoms with Gasteiger partial charge in [-0.3, -0.25) is 24.0 Å². The number of nitrogens with zero attached hydrogens (tertiary/aromatic N) is 4. The molecule has 3 aromatic heterocycles. The van der Waals surface area contributed by atoms with Crippen molar-refractivity contribution in [3.63, 3.8) is 0 Å². The van der Waals surface area contributed by atoms with Crippen LogP contribution >= 0.6 is 0 Å². The lowest BCUT2D eigenvalue weighted by Gasteiger charge is -2.21. The fraction of sp³-hybridized carbons (Fsp3) is 0.265. The van der Waals surface area contributed by atoms with E-state index in [0.717, 1.165) is 5.39 Å². The van der Waals surface area contributed by atoms with E-state index in [1.807, 2.05) is 38.1 Å². The zero-order valence-electron chi connectivity index (χ0n) is 26.3. The van der Waals surface area contributed by atoms with E-state index in [1.165, 1.54) is 10.9 Å². The summed E-state index contributed by atoms with van der Waals surface area (Å²) in [6.45, 7) is 7.16. The molecule has 5 rings (SSSR count). The summed E-state index contributed by atoms with van der Waals surface area (Å²) in [5.74, 6) is 0.669. The number of ether oxygens (including phenoxy) is 3. The fourth-order valence-corrected chi connectivity index (χ4v) is 4.92. The van der Waals surface area contributed by atoms with Crippen molar-refractivity contribution in [2.75, 3.05) is 12.4 Å². The molecule has 3 N–H and O–H groups in total. The first kappa shape index (κ1) is 31.9. The Bertz CT molecular complexity index is 1920. The monoisotopic (exact) mass is 624 g/mol. The maximum atomic E-state index is 13.7. The Morgan fingerprint density at radius 2 is 1.72 bits per heavy atom. The van der Waals surface area contributed by atoms with Crippen molar-refractivity contribution in [3.05, 3.63) is 101 Å². The minimum absolute atomic E-state index is 0.0675. The van der Waals surface area contributed by atoms with Crippen LogP contribution in [-0.2, 0) is 16.1 Å². The minimum atomic E-state index is -0.775. The van der Waals surface area contributed by atoms with E-state index in [1.54, 1.807) is 74.3 Å². The highest BCUT2D eigenvalue weighted by Crippen LogP contribution is 2.31. The summed E-state index contributed by atoms with van der Waals surface area (Å²) in [4.78, 5) is 48.5. The summed E-state index contributed by atoms with van der Waals surface area (Å²) in [5.41, 5.74) is 7.02. The summed E-state index contributed by atoms with van der Waals surface area (Å²) < 4.78 is 19.9. The van der Waals surface area contributed by atoms with Crippen molar-refractivity contribution in [3.8, 4) is 22.9 Å². The Balaban J connectivity index is 1.37. The average Bonchev–Trinajstić information content (AvgIpc) is 3.29. The predicted octanol–water partition coefficient (Wildman–Crippen LogP) is 4.86. The molecule has 0 fully saturated rings. The molecule has 2 aromatic carbocycles. The third-order valence-electron chi connectivity index (χ3n) is 7.48. The van der Waals surface area contributed by atoms with Crippen LogP contribution in [0.15, 0.2) is 83.9 Å². The lowest BCUT2D eigenvalue weighted by Crippen LogP contribution is -2.39. The van der Waals surface area contributed by atoms with Crippen molar-refractivity contribution in [2.45, 2.75) is 46.4 Å². The highest BCUT2D eigenvalue weighted by atomic mass is 16.5. The van der Waals surface area contributed by atoms with Gasteiger partial charge >= 0.3 is 5.97 Å². The summed E-state index contributed by atoms with van der Waals surface area (Å²) in [6.07, 6.45) is 2.48. The molecular weight excluding hydrogens is 588 g/mol. The van der Waals surface area contributed by atoms with E-state index in [-0.39, 0.29) is 23.8 Å². The molecule has 0 aliphatic carbocycles. The molecule has 0 bridgehead atoms. The van der Waals surface area contributed by atoms with E-state index in [4.69, 9.17) is 19.9 Å². The molecule has 238 valence electrons. The van der Waals surface area contributed by atoms with Crippen LogP contribution in [0.3, 0.4) is 0 Å². The molecule has 3 heterocycles. The van der Waals surface area contributed by atoms with Crippen LogP contribution in [0.5, 0.6) is 17.2 Å². The van der Waals surface area contributed by atoms with Crippen LogP contribution in [0.2, 0.25) is 0 Å². The molecule has 46 heavy (non-hydrogen) atoms. The molecule has 12 nitrogen and oxygen atoms in total. The van der Waals surface area contributed by atoms with Gasteiger partial charge in [-0.25, -0.2) is 9.67 Å². The quantitative estimate of drug-likeness (QED) is 0.196. The summed E-state index contributed by atoms with van der Waals surface area (Å²) in [5, 5.41) is 3.51. The number of rotatable bonds is 11. The molecule has 0 aliphatic heterocycles. The number of amides is 1. The van der Waals surface area contributed by atoms with E-state index >= 15 is 0 Å². The van der Waals surface area contributed by atoms with Crippen molar-refractivity contribution in [1.29, 1.82) is 0 Å². The molecule has 1 unspecified atom stereocenters. The average molecular weight is 625 g/mol. The number of aromatic nitrogens is 4. The van der Waals surface area contributed by atoms with E-state index in [0.29, 0.717) is 34.1 Å². The molecule has 0 saturated heterocycles. The first-order valence-corrected chi connectivity index (χ1v) is 14.8. The second-order valence-electron chi connectivity index (χ2n) is 11.1. The Hall–Kier alpha value is -5.49. The molecule has 0 saturated carbocycles. The number of para-hydroxylation sites is 1. The number of pyridine rings is 2. The highest BCUT2D eigenvalue weighted by Gasteiger charge is 2.27. The molecule has 0 radical (unpaired) electrons. The second-order valence-corrected chi connectivity index (χ2v) is 11.1. The minimum Gasteiger partial charge on any atom is -0.497 e. The van der Waals surface area contributed by atoms with Gasteiger partial charge in [0.25, 0.3) is 11.5 Å². The van der Waals surface area contributed by atoms with Crippen molar-refractivity contribution in [2.24, 2.45) is 11.7 Å². The Morgan fingerprint density at radius 3 is 2.39 bits per heavy atom. The van der Waals surface area contributed by atoms with Crippen LogP contribution in [0.1, 0.15) is 36.8 Å². The highest BCUT2D eigenvalue weighted by molar-refractivity contribution is 6.04. The number of nitrogens with two attached hydrogens (primary N) is 1. The predicted molar refractivity (Wildman–Crippen MR) is 174 cm³/mol. The summed E-state index contributed by atoms with van der Waals surface area (Å²) in [6, 6.07) is 18.6. The van der Waals surface area contributed by atoms with Gasteiger partial charge < -0.3 is 25.3 Å². The first-order valence-electron chi connectivity index (χ1n) is 14.8. The molecule has 0 aliphatic rings. The number of carbonyl (C=O) groups is 2. The second kappa shape index (κ2) is 13.7. The van der Waals surface area contributed by atoms with Crippen molar-refractivity contribution in [1.82, 2.24) is 19.3 Å². The zero-order chi connectivity index (χ0) is 33.0. The lowest BCUT2D eigenvalue weighted by molar-refractivity contribution is -0.151. The number of esters is 1. The van der Waals surface area contributed by atoms with E-state index < -0.39 is 29.6 Å². The molecule has 12 heteroatoms. The van der Waals surface area contributed by atoms with Crippen LogP contribution in [0.4, 0.5) is 5.82 Å². The largest absolute Gasteiger partial charge is 0.497 e. The topological polar surface area (TPSA) is 153 Å². The summed E-state index contributed by atoms with van der Waals surface area (Å²) in [7, 11) is 1.59. The van der Waals surface area contributed by atoms with Gasteiger partial charge in [-0.05, 0) is 62.2 Å².